The van der Waals surface area contributed by atoms with E-state index in [1.54, 1.807) is 23.4 Å². The van der Waals surface area contributed by atoms with Gasteiger partial charge in [-0.25, -0.2) is 0 Å². The molecule has 7 nitrogen and oxygen atoms in total. The maximum atomic E-state index is 13.1. The molecule has 1 fully saturated rings. The Morgan fingerprint density at radius 2 is 1.96 bits per heavy atom. The van der Waals surface area contributed by atoms with Crippen molar-refractivity contribution < 1.29 is 9.53 Å². The zero-order valence-electron chi connectivity index (χ0n) is 15.3. The second-order valence-electron chi connectivity index (χ2n) is 6.78. The second-order valence-corrected chi connectivity index (χ2v) is 6.78. The van der Waals surface area contributed by atoms with Gasteiger partial charge in [0.2, 0.25) is 0 Å². The van der Waals surface area contributed by atoms with Gasteiger partial charge >= 0.3 is 0 Å². The standard InChI is InChI=1S/C20H21N5O2/c1-23-6-8-24(9-7-23)16-2-3-17-19(12-16)27-11-10-25(20(17)26)18-14-22-5-4-15(18)13-21/h2-5,12,14H,6-11H2,1H3. The van der Waals surface area contributed by atoms with Gasteiger partial charge in [0, 0.05) is 44.1 Å². The van der Waals surface area contributed by atoms with Crippen LogP contribution in [0.25, 0.3) is 0 Å². The summed E-state index contributed by atoms with van der Waals surface area (Å²) in [5.74, 6) is 0.429. The third-order valence-electron chi connectivity index (χ3n) is 5.09. The Morgan fingerprint density at radius 1 is 1.15 bits per heavy atom. The summed E-state index contributed by atoms with van der Waals surface area (Å²) in [6.07, 6.45) is 3.11. The molecule has 3 heterocycles. The number of carbonyl (C=O) groups is 1. The first-order valence-corrected chi connectivity index (χ1v) is 9.03. The van der Waals surface area contributed by atoms with Crippen molar-refractivity contribution in [2.24, 2.45) is 0 Å². The molecule has 2 aliphatic rings. The van der Waals surface area contributed by atoms with Gasteiger partial charge in [-0.2, -0.15) is 5.26 Å². The van der Waals surface area contributed by atoms with Gasteiger partial charge in [0.1, 0.15) is 18.4 Å². The number of nitrogens with zero attached hydrogens (tertiary/aromatic N) is 5. The molecule has 0 unspecified atom stereocenters. The quantitative estimate of drug-likeness (QED) is 0.809. The molecule has 1 aromatic heterocycles. The van der Waals surface area contributed by atoms with Crippen LogP contribution in [0, 0.1) is 11.3 Å². The molecule has 1 amide bonds. The number of pyridine rings is 1. The number of fused-ring (bicyclic) bond motifs is 1. The molecule has 0 saturated carbocycles. The van der Waals surface area contributed by atoms with Crippen LogP contribution in [0.15, 0.2) is 36.7 Å². The van der Waals surface area contributed by atoms with Gasteiger partial charge in [-0.05, 0) is 25.2 Å². The van der Waals surface area contributed by atoms with Crippen LogP contribution in [-0.4, -0.2) is 62.2 Å². The minimum absolute atomic E-state index is 0.170. The van der Waals surface area contributed by atoms with E-state index in [2.05, 4.69) is 27.9 Å². The maximum absolute atomic E-state index is 13.1. The molecule has 0 N–H and O–H groups in total. The molecule has 1 aromatic carbocycles. The van der Waals surface area contributed by atoms with Crippen LogP contribution >= 0.6 is 0 Å². The van der Waals surface area contributed by atoms with Crippen molar-refractivity contribution >= 4 is 17.3 Å². The van der Waals surface area contributed by atoms with Gasteiger partial charge in [-0.15, -0.1) is 0 Å². The Bertz CT molecular complexity index is 899. The van der Waals surface area contributed by atoms with E-state index in [1.807, 2.05) is 18.2 Å². The summed E-state index contributed by atoms with van der Waals surface area (Å²) in [7, 11) is 2.12. The summed E-state index contributed by atoms with van der Waals surface area (Å²) in [5.41, 5.74) is 2.53. The number of piperazine rings is 1. The Labute approximate surface area is 158 Å². The van der Waals surface area contributed by atoms with Crippen molar-refractivity contribution in [1.29, 1.82) is 5.26 Å². The molecule has 27 heavy (non-hydrogen) atoms. The highest BCUT2D eigenvalue weighted by molar-refractivity contribution is 6.09. The Balaban J connectivity index is 1.64. The fourth-order valence-corrected chi connectivity index (χ4v) is 3.49. The van der Waals surface area contributed by atoms with Crippen molar-refractivity contribution in [3.63, 3.8) is 0 Å². The van der Waals surface area contributed by atoms with Crippen LogP contribution < -0.4 is 14.5 Å². The predicted molar refractivity (Wildman–Crippen MR) is 102 cm³/mol. The molecular formula is C20H21N5O2. The summed E-state index contributed by atoms with van der Waals surface area (Å²) in [4.78, 5) is 23.4. The van der Waals surface area contributed by atoms with Crippen LogP contribution in [0.1, 0.15) is 15.9 Å². The SMILES string of the molecule is CN1CCN(c2ccc3c(c2)OCCN(c2cnccc2C#N)C3=O)CC1. The van der Waals surface area contributed by atoms with Gasteiger partial charge in [0.05, 0.1) is 29.6 Å². The number of benzene rings is 1. The molecule has 2 aliphatic heterocycles. The molecule has 7 heteroatoms. The first-order chi connectivity index (χ1) is 13.2. The number of hydrogen-bond donors (Lipinski definition) is 0. The number of anilines is 2. The van der Waals surface area contributed by atoms with E-state index < -0.39 is 0 Å². The van der Waals surface area contributed by atoms with E-state index in [4.69, 9.17) is 4.74 Å². The lowest BCUT2D eigenvalue weighted by Crippen LogP contribution is -2.44. The van der Waals surface area contributed by atoms with E-state index >= 15 is 0 Å². The summed E-state index contributed by atoms with van der Waals surface area (Å²) >= 11 is 0. The van der Waals surface area contributed by atoms with E-state index in [0.29, 0.717) is 35.7 Å². The average molecular weight is 363 g/mol. The normalized spacial score (nSPS) is 17.7. The van der Waals surface area contributed by atoms with Gasteiger partial charge in [0.25, 0.3) is 5.91 Å². The van der Waals surface area contributed by atoms with Crippen molar-refractivity contribution in [1.82, 2.24) is 9.88 Å². The molecule has 138 valence electrons. The fourth-order valence-electron chi connectivity index (χ4n) is 3.49. The van der Waals surface area contributed by atoms with E-state index in [-0.39, 0.29) is 5.91 Å². The zero-order valence-corrected chi connectivity index (χ0v) is 15.3. The molecule has 4 rings (SSSR count). The number of hydrogen-bond acceptors (Lipinski definition) is 6. The van der Waals surface area contributed by atoms with Crippen molar-refractivity contribution in [3.8, 4) is 11.8 Å². The molecule has 0 radical (unpaired) electrons. The first kappa shape index (κ1) is 17.3. The molecule has 0 spiro atoms. The Hall–Kier alpha value is -3.11. The molecule has 0 atom stereocenters. The topological polar surface area (TPSA) is 72.7 Å². The molecular weight excluding hydrogens is 342 g/mol. The number of amides is 1. The van der Waals surface area contributed by atoms with Gasteiger partial charge in [0.15, 0.2) is 0 Å². The van der Waals surface area contributed by atoms with Gasteiger partial charge in [-0.1, -0.05) is 0 Å². The molecule has 0 aliphatic carbocycles. The average Bonchev–Trinajstić information content (AvgIpc) is 2.87. The number of likely N-dealkylation sites (N-methyl/N-ethyl adjacent to an activating group) is 1. The highest BCUT2D eigenvalue weighted by Gasteiger charge is 2.27. The largest absolute Gasteiger partial charge is 0.491 e. The van der Waals surface area contributed by atoms with E-state index in [0.717, 1.165) is 31.9 Å². The maximum Gasteiger partial charge on any atom is 0.262 e. The molecule has 2 aromatic rings. The van der Waals surface area contributed by atoms with Crippen LogP contribution in [0.4, 0.5) is 11.4 Å². The molecule has 0 bridgehead atoms. The van der Waals surface area contributed by atoms with Crippen molar-refractivity contribution in [2.75, 3.05) is 56.2 Å². The second kappa shape index (κ2) is 7.25. The van der Waals surface area contributed by atoms with Crippen LogP contribution in [0.2, 0.25) is 0 Å². The number of rotatable bonds is 2. The lowest BCUT2D eigenvalue weighted by atomic mass is 10.1. The van der Waals surface area contributed by atoms with E-state index in [1.165, 1.54) is 0 Å². The summed E-state index contributed by atoms with van der Waals surface area (Å²) in [5, 5.41) is 9.34. The lowest BCUT2D eigenvalue weighted by Gasteiger charge is -2.34. The monoisotopic (exact) mass is 363 g/mol. The van der Waals surface area contributed by atoms with Crippen molar-refractivity contribution in [2.45, 2.75) is 0 Å². The van der Waals surface area contributed by atoms with Crippen LogP contribution in [0.3, 0.4) is 0 Å². The van der Waals surface area contributed by atoms with Gasteiger partial charge in [-0.3, -0.25) is 9.78 Å². The number of ether oxygens (including phenoxy) is 1. The number of nitriles is 1. The summed E-state index contributed by atoms with van der Waals surface area (Å²) in [6.45, 7) is 4.68. The Morgan fingerprint density at radius 3 is 2.74 bits per heavy atom. The van der Waals surface area contributed by atoms with Crippen LogP contribution in [-0.2, 0) is 0 Å². The summed E-state index contributed by atoms with van der Waals surface area (Å²) < 4.78 is 5.89. The van der Waals surface area contributed by atoms with Crippen LogP contribution in [0.5, 0.6) is 5.75 Å². The fraction of sp³-hybridized carbons (Fsp3) is 0.350. The highest BCUT2D eigenvalue weighted by Crippen LogP contribution is 2.31. The van der Waals surface area contributed by atoms with E-state index in [9.17, 15) is 10.1 Å². The minimum atomic E-state index is -0.170. The number of aromatic nitrogens is 1. The third-order valence-corrected chi connectivity index (χ3v) is 5.09. The van der Waals surface area contributed by atoms with Gasteiger partial charge < -0.3 is 19.4 Å². The molecule has 1 saturated heterocycles. The Kier molecular flexibility index (Phi) is 4.65. The lowest BCUT2D eigenvalue weighted by molar-refractivity contribution is 0.0989. The number of carbonyl (C=O) groups excluding carboxylic acids is 1. The highest BCUT2D eigenvalue weighted by atomic mass is 16.5. The third kappa shape index (κ3) is 3.32. The zero-order chi connectivity index (χ0) is 18.8. The minimum Gasteiger partial charge on any atom is -0.491 e. The predicted octanol–water partition coefficient (Wildman–Crippen LogP) is 1.74. The summed E-state index contributed by atoms with van der Waals surface area (Å²) in [6, 6.07) is 9.50. The smallest absolute Gasteiger partial charge is 0.262 e. The van der Waals surface area contributed by atoms with Crippen molar-refractivity contribution in [3.05, 3.63) is 47.8 Å². The first-order valence-electron chi connectivity index (χ1n) is 9.03.